The van der Waals surface area contributed by atoms with Crippen molar-refractivity contribution in [3.05, 3.63) is 45.9 Å². The molecule has 1 aromatic heterocycles. The Bertz CT molecular complexity index is 635. The van der Waals surface area contributed by atoms with E-state index in [1.54, 1.807) is 19.1 Å². The molecule has 0 radical (unpaired) electrons. The Morgan fingerprint density at radius 1 is 1.19 bits per heavy atom. The molecule has 110 valence electrons. The maximum atomic E-state index is 11.2. The minimum Gasteiger partial charge on any atom is -0.309 e. The highest BCUT2D eigenvalue weighted by Crippen LogP contribution is 2.26. The third kappa shape index (κ3) is 4.88. The summed E-state index contributed by atoms with van der Waals surface area (Å²) < 4.78 is 0. The number of amides is 1. The molecule has 0 aliphatic rings. The maximum absolute atomic E-state index is 11.2. The number of hydrogen-bond acceptors (Lipinski definition) is 4. The lowest BCUT2D eigenvalue weighted by atomic mass is 10.2. The van der Waals surface area contributed by atoms with Crippen molar-refractivity contribution < 1.29 is 4.79 Å². The van der Waals surface area contributed by atoms with Crippen LogP contribution in [0.5, 0.6) is 0 Å². The third-order valence-electron chi connectivity index (χ3n) is 2.60. The molecule has 4 nitrogen and oxygen atoms in total. The Hall–Kier alpha value is -1.30. The molecule has 21 heavy (non-hydrogen) atoms. The summed E-state index contributed by atoms with van der Waals surface area (Å²) in [4.78, 5) is 11.2. The molecule has 0 spiro atoms. The quantitative estimate of drug-likeness (QED) is 0.817. The standard InChI is InChI=1S/C14H13Cl2N3OS/c1-2-13(20)17-12-5-6-14(19-18-12)21-8-9-3-4-10(15)11(16)7-9/h3-7H,2,8H2,1H3,(H,17,18,20). The van der Waals surface area contributed by atoms with Gasteiger partial charge < -0.3 is 5.32 Å². The van der Waals surface area contributed by atoms with E-state index in [0.29, 0.717) is 28.0 Å². The molecule has 1 amide bonds. The van der Waals surface area contributed by atoms with E-state index in [9.17, 15) is 4.79 Å². The summed E-state index contributed by atoms with van der Waals surface area (Å²) in [5.41, 5.74) is 1.06. The summed E-state index contributed by atoms with van der Waals surface area (Å²) in [5.74, 6) is 1.09. The first kappa shape index (κ1) is 16.1. The summed E-state index contributed by atoms with van der Waals surface area (Å²) in [6.07, 6.45) is 0.412. The zero-order valence-corrected chi connectivity index (χ0v) is 13.6. The lowest BCUT2D eigenvalue weighted by Crippen LogP contribution is -2.11. The van der Waals surface area contributed by atoms with Gasteiger partial charge in [-0.2, -0.15) is 0 Å². The van der Waals surface area contributed by atoms with Gasteiger partial charge in [0.25, 0.3) is 0 Å². The molecule has 7 heteroatoms. The number of hydrogen-bond donors (Lipinski definition) is 1. The normalized spacial score (nSPS) is 10.4. The summed E-state index contributed by atoms with van der Waals surface area (Å²) in [6.45, 7) is 1.78. The summed E-state index contributed by atoms with van der Waals surface area (Å²) in [7, 11) is 0. The maximum Gasteiger partial charge on any atom is 0.225 e. The van der Waals surface area contributed by atoms with Crippen LogP contribution in [0.4, 0.5) is 5.82 Å². The first-order chi connectivity index (χ1) is 10.1. The minimum absolute atomic E-state index is 0.0829. The lowest BCUT2D eigenvalue weighted by Gasteiger charge is -2.04. The Labute approximate surface area is 137 Å². The van der Waals surface area contributed by atoms with Crippen LogP contribution in [-0.4, -0.2) is 16.1 Å². The predicted molar refractivity (Wildman–Crippen MR) is 87.0 cm³/mol. The largest absolute Gasteiger partial charge is 0.309 e. The minimum atomic E-state index is -0.0829. The summed E-state index contributed by atoms with van der Waals surface area (Å²) in [5, 5.41) is 12.5. The number of nitrogens with one attached hydrogen (secondary N) is 1. The fraction of sp³-hybridized carbons (Fsp3) is 0.214. The van der Waals surface area contributed by atoms with E-state index in [2.05, 4.69) is 15.5 Å². The fourth-order valence-corrected chi connectivity index (χ4v) is 2.56. The van der Waals surface area contributed by atoms with Crippen molar-refractivity contribution in [1.82, 2.24) is 10.2 Å². The molecular weight excluding hydrogens is 329 g/mol. The van der Waals surface area contributed by atoms with Crippen LogP contribution in [0.15, 0.2) is 35.4 Å². The number of aromatic nitrogens is 2. The highest BCUT2D eigenvalue weighted by atomic mass is 35.5. The number of anilines is 1. The second-order valence-corrected chi connectivity index (χ2v) is 6.01. The van der Waals surface area contributed by atoms with Gasteiger partial charge in [0.2, 0.25) is 5.91 Å². The number of nitrogens with zero attached hydrogens (tertiary/aromatic N) is 2. The molecule has 0 atom stereocenters. The first-order valence-corrected chi connectivity index (χ1v) is 8.03. The summed E-state index contributed by atoms with van der Waals surface area (Å²) >= 11 is 13.4. The zero-order chi connectivity index (χ0) is 15.2. The Morgan fingerprint density at radius 2 is 2.00 bits per heavy atom. The van der Waals surface area contributed by atoms with Crippen LogP contribution in [0, 0.1) is 0 Å². The Morgan fingerprint density at radius 3 is 2.62 bits per heavy atom. The molecule has 0 bridgehead atoms. The molecule has 1 N–H and O–H groups in total. The second-order valence-electron chi connectivity index (χ2n) is 4.20. The van der Waals surface area contributed by atoms with E-state index < -0.39 is 0 Å². The molecular formula is C14H13Cl2N3OS. The van der Waals surface area contributed by atoms with Crippen LogP contribution in [0.2, 0.25) is 10.0 Å². The second kappa shape index (κ2) is 7.64. The molecule has 0 saturated carbocycles. The number of benzene rings is 1. The van der Waals surface area contributed by atoms with Crippen molar-refractivity contribution in [2.75, 3.05) is 5.32 Å². The lowest BCUT2D eigenvalue weighted by molar-refractivity contribution is -0.115. The average Bonchev–Trinajstić information content (AvgIpc) is 2.50. The number of thioether (sulfide) groups is 1. The van der Waals surface area contributed by atoms with Gasteiger partial charge in [0.05, 0.1) is 10.0 Å². The van der Waals surface area contributed by atoms with Crippen LogP contribution in [-0.2, 0) is 10.5 Å². The van der Waals surface area contributed by atoms with E-state index in [4.69, 9.17) is 23.2 Å². The van der Waals surface area contributed by atoms with E-state index in [1.807, 2.05) is 18.2 Å². The molecule has 1 heterocycles. The molecule has 0 aliphatic heterocycles. The monoisotopic (exact) mass is 341 g/mol. The fourth-order valence-electron chi connectivity index (χ4n) is 1.48. The zero-order valence-electron chi connectivity index (χ0n) is 11.3. The first-order valence-electron chi connectivity index (χ1n) is 6.29. The molecule has 0 fully saturated rings. The Kier molecular flexibility index (Phi) is 5.85. The van der Waals surface area contributed by atoms with Crippen LogP contribution < -0.4 is 5.32 Å². The highest BCUT2D eigenvalue weighted by molar-refractivity contribution is 7.98. The molecule has 0 unspecified atom stereocenters. The number of rotatable bonds is 5. The van der Waals surface area contributed by atoms with Crippen molar-refractivity contribution in [3.8, 4) is 0 Å². The topological polar surface area (TPSA) is 54.9 Å². The smallest absolute Gasteiger partial charge is 0.225 e. The van der Waals surface area contributed by atoms with Gasteiger partial charge in [0, 0.05) is 12.2 Å². The number of carbonyl (C=O) groups excluding carboxylic acids is 1. The van der Waals surface area contributed by atoms with Gasteiger partial charge >= 0.3 is 0 Å². The van der Waals surface area contributed by atoms with Crippen LogP contribution in [0.25, 0.3) is 0 Å². The SMILES string of the molecule is CCC(=O)Nc1ccc(SCc2ccc(Cl)c(Cl)c2)nn1. The molecule has 2 aromatic rings. The number of carbonyl (C=O) groups is 1. The predicted octanol–water partition coefficient (Wildman–Crippen LogP) is 4.42. The molecule has 0 saturated heterocycles. The highest BCUT2D eigenvalue weighted by Gasteiger charge is 2.04. The van der Waals surface area contributed by atoms with Gasteiger partial charge in [-0.05, 0) is 29.8 Å². The van der Waals surface area contributed by atoms with Gasteiger partial charge in [0.15, 0.2) is 5.82 Å². The van der Waals surface area contributed by atoms with E-state index in [0.717, 1.165) is 10.6 Å². The van der Waals surface area contributed by atoms with Gasteiger partial charge in [-0.25, -0.2) is 0 Å². The Balaban J connectivity index is 1.94. The van der Waals surface area contributed by atoms with Crippen molar-refractivity contribution in [1.29, 1.82) is 0 Å². The van der Waals surface area contributed by atoms with Gasteiger partial charge in [-0.1, -0.05) is 48.0 Å². The van der Waals surface area contributed by atoms with Crippen LogP contribution in [0.3, 0.4) is 0 Å². The van der Waals surface area contributed by atoms with Crippen molar-refractivity contribution >= 4 is 46.7 Å². The van der Waals surface area contributed by atoms with Crippen LogP contribution >= 0.6 is 35.0 Å². The average molecular weight is 342 g/mol. The molecule has 1 aromatic carbocycles. The number of halogens is 2. The van der Waals surface area contributed by atoms with Crippen molar-refractivity contribution in [2.24, 2.45) is 0 Å². The van der Waals surface area contributed by atoms with Crippen molar-refractivity contribution in [3.63, 3.8) is 0 Å². The van der Waals surface area contributed by atoms with E-state index >= 15 is 0 Å². The molecule has 0 aliphatic carbocycles. The molecule has 2 rings (SSSR count). The third-order valence-corrected chi connectivity index (χ3v) is 4.33. The van der Waals surface area contributed by atoms with Crippen LogP contribution in [0.1, 0.15) is 18.9 Å². The van der Waals surface area contributed by atoms with Gasteiger partial charge in [-0.15, -0.1) is 10.2 Å². The van der Waals surface area contributed by atoms with E-state index in [-0.39, 0.29) is 5.91 Å². The van der Waals surface area contributed by atoms with Crippen molar-refractivity contribution in [2.45, 2.75) is 24.1 Å². The van der Waals surface area contributed by atoms with Gasteiger partial charge in [-0.3, -0.25) is 4.79 Å². The van der Waals surface area contributed by atoms with Gasteiger partial charge in [0.1, 0.15) is 5.03 Å². The van der Waals surface area contributed by atoms with E-state index in [1.165, 1.54) is 11.8 Å². The summed E-state index contributed by atoms with van der Waals surface area (Å²) in [6, 6.07) is 9.08.